The third kappa shape index (κ3) is 4.20. The first-order valence-electron chi connectivity index (χ1n) is 10.3. The first-order valence-corrected chi connectivity index (χ1v) is 10.3. The summed E-state index contributed by atoms with van der Waals surface area (Å²) in [4.78, 5) is 42.7. The van der Waals surface area contributed by atoms with Crippen molar-refractivity contribution in [2.45, 2.75) is 6.92 Å². The van der Waals surface area contributed by atoms with Gasteiger partial charge in [-0.2, -0.15) is 0 Å². The Hall–Kier alpha value is -4.24. The Morgan fingerprint density at radius 3 is 2.35 bits per heavy atom. The van der Waals surface area contributed by atoms with Gasteiger partial charge in [0, 0.05) is 16.6 Å². The van der Waals surface area contributed by atoms with Crippen LogP contribution in [0.5, 0.6) is 0 Å². The molecule has 0 saturated heterocycles. The largest absolute Gasteiger partial charge is 0.478 e. The Kier molecular flexibility index (Phi) is 6.29. The van der Waals surface area contributed by atoms with Gasteiger partial charge in [0.2, 0.25) is 0 Å². The molecule has 34 heavy (non-hydrogen) atoms. The lowest BCUT2D eigenvalue weighted by molar-refractivity contribution is -0.140. The molecule has 2 aromatic carbocycles. The van der Waals surface area contributed by atoms with Gasteiger partial charge in [-0.3, -0.25) is 0 Å². The van der Waals surface area contributed by atoms with Crippen LogP contribution in [-0.4, -0.2) is 55.6 Å². The van der Waals surface area contributed by atoms with Crippen LogP contribution in [-0.2, 0) is 23.8 Å². The Morgan fingerprint density at radius 2 is 1.71 bits per heavy atom. The molecule has 1 aliphatic rings. The molecule has 0 bridgehead atoms. The van der Waals surface area contributed by atoms with Crippen LogP contribution in [0.2, 0.25) is 0 Å². The second-order valence-corrected chi connectivity index (χ2v) is 7.64. The minimum atomic E-state index is -1.04. The molecule has 0 fully saturated rings. The maximum atomic E-state index is 12.5. The summed E-state index contributed by atoms with van der Waals surface area (Å²) < 4.78 is 15.2. The number of carbonyl (C=O) groups excluding carboxylic acids is 2. The third-order valence-electron chi connectivity index (χ3n) is 5.50. The van der Waals surface area contributed by atoms with E-state index in [2.05, 4.69) is 4.98 Å². The van der Waals surface area contributed by atoms with Crippen LogP contribution in [0.15, 0.2) is 59.8 Å². The molecule has 1 aliphatic heterocycles. The number of ether oxygens (including phenoxy) is 3. The zero-order chi connectivity index (χ0) is 24.4. The van der Waals surface area contributed by atoms with Crippen LogP contribution >= 0.6 is 0 Å². The Bertz CT molecular complexity index is 1330. The predicted molar refractivity (Wildman–Crippen MR) is 123 cm³/mol. The van der Waals surface area contributed by atoms with E-state index in [-0.39, 0.29) is 30.2 Å². The average molecular weight is 462 g/mol. The number of carboxylic acid groups (broad SMARTS) is 1. The zero-order valence-electron chi connectivity index (χ0n) is 18.8. The number of fused-ring (bicyclic) bond motifs is 1. The van der Waals surface area contributed by atoms with Crippen molar-refractivity contribution in [1.29, 1.82) is 0 Å². The lowest BCUT2D eigenvalue weighted by atomic mass is 10.0. The lowest BCUT2D eigenvalue weighted by Crippen LogP contribution is -2.38. The number of hydrogen-bond acceptors (Lipinski definition) is 8. The second-order valence-electron chi connectivity index (χ2n) is 7.64. The fourth-order valence-electron chi connectivity index (χ4n) is 3.82. The maximum Gasteiger partial charge on any atom is 0.355 e. The molecule has 1 aromatic heterocycles. The standard InChI is InChI=1S/C25H22N2O7/c1-14-4-9-20-17(10-14)18(23(28)29)11-21(26-20)15-5-7-16(8-6-15)27-13-34-12-19(24(30)32-2)22(27)25(31)33-3/h4-11H,12-13H2,1-3H3,(H,28,29). The molecule has 3 aromatic rings. The van der Waals surface area contributed by atoms with Crippen LogP contribution in [0, 0.1) is 6.92 Å². The number of aryl methyl sites for hydroxylation is 1. The number of pyridine rings is 1. The van der Waals surface area contributed by atoms with E-state index in [9.17, 15) is 19.5 Å². The molecule has 0 radical (unpaired) electrons. The van der Waals surface area contributed by atoms with E-state index in [1.54, 1.807) is 36.4 Å². The Morgan fingerprint density at radius 1 is 1.00 bits per heavy atom. The Balaban J connectivity index is 1.76. The summed E-state index contributed by atoms with van der Waals surface area (Å²) in [5.41, 5.74) is 3.53. The fourth-order valence-corrected chi connectivity index (χ4v) is 3.82. The highest BCUT2D eigenvalue weighted by Gasteiger charge is 2.32. The number of hydrogen-bond donors (Lipinski definition) is 1. The summed E-state index contributed by atoms with van der Waals surface area (Å²) in [6, 6.07) is 14.0. The highest BCUT2D eigenvalue weighted by Crippen LogP contribution is 2.30. The first-order chi connectivity index (χ1) is 16.3. The summed E-state index contributed by atoms with van der Waals surface area (Å²) >= 11 is 0. The van der Waals surface area contributed by atoms with Crippen molar-refractivity contribution in [2.24, 2.45) is 0 Å². The summed E-state index contributed by atoms with van der Waals surface area (Å²) in [6.07, 6.45) is 0. The van der Waals surface area contributed by atoms with Gasteiger partial charge in [0.05, 0.1) is 43.2 Å². The number of aromatic carboxylic acids is 1. The van der Waals surface area contributed by atoms with Crippen LogP contribution in [0.3, 0.4) is 0 Å². The lowest BCUT2D eigenvalue weighted by Gasteiger charge is -2.31. The molecule has 9 nitrogen and oxygen atoms in total. The molecular weight excluding hydrogens is 440 g/mol. The van der Waals surface area contributed by atoms with Crippen LogP contribution in [0.1, 0.15) is 15.9 Å². The number of nitrogens with zero attached hydrogens (tertiary/aromatic N) is 2. The summed E-state index contributed by atoms with van der Waals surface area (Å²) in [5.74, 6) is -2.41. The molecule has 0 saturated carbocycles. The monoisotopic (exact) mass is 462 g/mol. The van der Waals surface area contributed by atoms with Crippen LogP contribution < -0.4 is 4.90 Å². The van der Waals surface area contributed by atoms with Crippen LogP contribution in [0.4, 0.5) is 5.69 Å². The van der Waals surface area contributed by atoms with Gasteiger partial charge in [-0.25, -0.2) is 19.4 Å². The van der Waals surface area contributed by atoms with E-state index in [1.165, 1.54) is 25.2 Å². The van der Waals surface area contributed by atoms with E-state index >= 15 is 0 Å². The summed E-state index contributed by atoms with van der Waals surface area (Å²) in [7, 11) is 2.45. The average Bonchev–Trinajstić information content (AvgIpc) is 2.86. The van der Waals surface area contributed by atoms with Crippen molar-refractivity contribution in [3.63, 3.8) is 0 Å². The summed E-state index contributed by atoms with van der Waals surface area (Å²) in [6.45, 7) is 1.84. The molecule has 4 rings (SSSR count). The van der Waals surface area contributed by atoms with E-state index in [1.807, 2.05) is 13.0 Å². The van der Waals surface area contributed by atoms with Gasteiger partial charge in [0.1, 0.15) is 12.4 Å². The van der Waals surface area contributed by atoms with Crippen molar-refractivity contribution in [3.8, 4) is 11.3 Å². The number of benzene rings is 2. The van der Waals surface area contributed by atoms with Crippen molar-refractivity contribution >= 4 is 34.5 Å². The van der Waals surface area contributed by atoms with Crippen LogP contribution in [0.25, 0.3) is 22.2 Å². The topological polar surface area (TPSA) is 115 Å². The van der Waals surface area contributed by atoms with E-state index in [0.717, 1.165) is 5.56 Å². The molecule has 9 heteroatoms. The number of methoxy groups -OCH3 is 2. The minimum absolute atomic E-state index is 0.0288. The number of carboxylic acids is 1. The quantitative estimate of drug-likeness (QED) is 0.570. The molecule has 0 unspecified atom stereocenters. The number of aromatic nitrogens is 1. The molecule has 2 heterocycles. The molecule has 0 atom stereocenters. The van der Waals surface area contributed by atoms with Crippen molar-refractivity contribution in [1.82, 2.24) is 4.98 Å². The Labute approximate surface area is 195 Å². The molecule has 1 N–H and O–H groups in total. The minimum Gasteiger partial charge on any atom is -0.478 e. The third-order valence-corrected chi connectivity index (χ3v) is 5.50. The molecule has 0 spiro atoms. The molecular formula is C25H22N2O7. The molecule has 0 amide bonds. The normalized spacial score (nSPS) is 13.7. The van der Waals surface area contributed by atoms with Gasteiger partial charge in [-0.05, 0) is 37.3 Å². The van der Waals surface area contributed by atoms with Crippen molar-refractivity contribution in [3.05, 3.63) is 70.9 Å². The first kappa shape index (κ1) is 22.9. The molecule has 0 aliphatic carbocycles. The number of esters is 2. The van der Waals surface area contributed by atoms with Gasteiger partial charge in [-0.1, -0.05) is 23.8 Å². The fraction of sp³-hybridized carbons (Fsp3) is 0.200. The van der Waals surface area contributed by atoms with Gasteiger partial charge >= 0.3 is 17.9 Å². The van der Waals surface area contributed by atoms with Crippen molar-refractivity contribution in [2.75, 3.05) is 32.5 Å². The molecule has 174 valence electrons. The van der Waals surface area contributed by atoms with E-state index in [4.69, 9.17) is 14.2 Å². The van der Waals surface area contributed by atoms with Gasteiger partial charge in [0.15, 0.2) is 0 Å². The predicted octanol–water partition coefficient (Wildman–Crippen LogP) is 3.30. The van der Waals surface area contributed by atoms with Gasteiger partial charge in [-0.15, -0.1) is 0 Å². The highest BCUT2D eigenvalue weighted by molar-refractivity contribution is 6.04. The smallest absolute Gasteiger partial charge is 0.355 e. The summed E-state index contributed by atoms with van der Waals surface area (Å²) in [5, 5.41) is 10.3. The zero-order valence-corrected chi connectivity index (χ0v) is 18.8. The van der Waals surface area contributed by atoms with Gasteiger partial charge < -0.3 is 24.2 Å². The van der Waals surface area contributed by atoms with Crippen molar-refractivity contribution < 1.29 is 33.7 Å². The number of carbonyl (C=O) groups is 3. The van der Waals surface area contributed by atoms with E-state index < -0.39 is 17.9 Å². The van der Waals surface area contributed by atoms with Gasteiger partial charge in [0.25, 0.3) is 0 Å². The maximum absolute atomic E-state index is 12.5. The SMILES string of the molecule is COC(=O)C1=C(C(=O)OC)N(c2ccc(-c3cc(C(=O)O)c4cc(C)ccc4n3)cc2)COC1. The number of anilines is 1. The highest BCUT2D eigenvalue weighted by atomic mass is 16.5. The number of rotatable bonds is 5. The second kappa shape index (κ2) is 9.32. The van der Waals surface area contributed by atoms with E-state index in [0.29, 0.717) is 27.8 Å².